The first-order valence-electron chi connectivity index (χ1n) is 7.49. The first-order chi connectivity index (χ1) is 9.42. The van der Waals surface area contributed by atoms with Crippen LogP contribution in [0.3, 0.4) is 0 Å². The number of aryl methyl sites for hydroxylation is 2. The van der Waals surface area contributed by atoms with E-state index in [-0.39, 0.29) is 5.54 Å². The number of nitrogens with zero attached hydrogens (tertiary/aromatic N) is 3. The zero-order valence-electron chi connectivity index (χ0n) is 13.0. The van der Waals surface area contributed by atoms with E-state index in [2.05, 4.69) is 31.0 Å². The number of hydrogen-bond donors (Lipinski definition) is 1. The van der Waals surface area contributed by atoms with Crippen molar-refractivity contribution in [3.05, 3.63) is 16.4 Å². The second kappa shape index (κ2) is 6.04. The van der Waals surface area contributed by atoms with Crippen molar-refractivity contribution in [2.24, 2.45) is 0 Å². The molecule has 114 valence electrons. The molecule has 0 aliphatic heterocycles. The lowest BCUT2D eigenvalue weighted by Crippen LogP contribution is -2.52. The highest BCUT2D eigenvalue weighted by atomic mass is 35.5. The smallest absolute Gasteiger partial charge is 0.0848 e. The van der Waals surface area contributed by atoms with Crippen LogP contribution >= 0.6 is 11.6 Å². The first-order valence-corrected chi connectivity index (χ1v) is 7.87. The van der Waals surface area contributed by atoms with Crippen molar-refractivity contribution in [3.8, 4) is 0 Å². The minimum atomic E-state index is -0.404. The van der Waals surface area contributed by atoms with E-state index in [0.717, 1.165) is 30.8 Å². The summed E-state index contributed by atoms with van der Waals surface area (Å²) in [5.74, 6) is 0. The maximum absolute atomic E-state index is 10.8. The van der Waals surface area contributed by atoms with E-state index >= 15 is 0 Å². The number of aromatic nitrogens is 2. The summed E-state index contributed by atoms with van der Waals surface area (Å²) in [6, 6.07) is 0. The third kappa shape index (κ3) is 2.61. The minimum Gasteiger partial charge on any atom is -0.391 e. The van der Waals surface area contributed by atoms with Gasteiger partial charge in [-0.25, -0.2) is 0 Å². The monoisotopic (exact) mass is 299 g/mol. The molecule has 1 saturated carbocycles. The normalized spacial score (nSPS) is 19.8. The number of aliphatic hydroxyl groups is 1. The molecule has 4 nitrogen and oxygen atoms in total. The number of hydrogen-bond acceptors (Lipinski definition) is 3. The maximum atomic E-state index is 10.8. The number of halogens is 1. The van der Waals surface area contributed by atoms with Crippen LogP contribution in [0.15, 0.2) is 0 Å². The molecule has 1 unspecified atom stereocenters. The van der Waals surface area contributed by atoms with Crippen molar-refractivity contribution in [2.75, 3.05) is 14.1 Å². The molecule has 1 aromatic rings. The van der Waals surface area contributed by atoms with Crippen LogP contribution in [0.5, 0.6) is 0 Å². The predicted molar refractivity (Wildman–Crippen MR) is 82.2 cm³/mol. The van der Waals surface area contributed by atoms with E-state index in [9.17, 15) is 5.11 Å². The molecule has 1 N–H and O–H groups in total. The van der Waals surface area contributed by atoms with Crippen molar-refractivity contribution >= 4 is 11.6 Å². The van der Waals surface area contributed by atoms with E-state index < -0.39 is 6.10 Å². The van der Waals surface area contributed by atoms with Gasteiger partial charge >= 0.3 is 0 Å². The highest BCUT2D eigenvalue weighted by molar-refractivity contribution is 6.31. The molecule has 1 atom stereocenters. The van der Waals surface area contributed by atoms with Gasteiger partial charge in [-0.05, 0) is 40.8 Å². The van der Waals surface area contributed by atoms with Crippen molar-refractivity contribution < 1.29 is 5.11 Å². The summed E-state index contributed by atoms with van der Waals surface area (Å²) in [5, 5.41) is 16.0. The van der Waals surface area contributed by atoms with Gasteiger partial charge in [0.05, 0.1) is 22.5 Å². The Balaban J connectivity index is 2.25. The van der Waals surface area contributed by atoms with Crippen molar-refractivity contribution in [2.45, 2.75) is 64.1 Å². The molecule has 0 bridgehead atoms. The molecule has 1 aliphatic carbocycles. The quantitative estimate of drug-likeness (QED) is 0.909. The molecule has 0 radical (unpaired) electrons. The Hall–Kier alpha value is -0.580. The summed E-state index contributed by atoms with van der Waals surface area (Å²) in [6.07, 6.45) is 4.66. The summed E-state index contributed by atoms with van der Waals surface area (Å²) in [5.41, 5.74) is 1.70. The highest BCUT2D eigenvalue weighted by Gasteiger charge is 2.43. The number of aliphatic hydroxyl groups excluding tert-OH is 1. The molecule has 0 aromatic carbocycles. The largest absolute Gasteiger partial charge is 0.391 e. The summed E-state index contributed by atoms with van der Waals surface area (Å²) in [4.78, 5) is 2.19. The summed E-state index contributed by atoms with van der Waals surface area (Å²) < 4.78 is 1.92. The lowest BCUT2D eigenvalue weighted by molar-refractivity contribution is -0.00356. The molecule has 1 aliphatic rings. The zero-order valence-corrected chi connectivity index (χ0v) is 13.7. The Morgan fingerprint density at radius 2 is 2.00 bits per heavy atom. The lowest BCUT2D eigenvalue weighted by Gasteiger charge is -2.40. The van der Waals surface area contributed by atoms with Gasteiger partial charge in [-0.2, -0.15) is 5.10 Å². The molecule has 5 heteroatoms. The topological polar surface area (TPSA) is 41.3 Å². The lowest BCUT2D eigenvalue weighted by atomic mass is 9.86. The van der Waals surface area contributed by atoms with E-state index in [0.29, 0.717) is 11.4 Å². The average Bonchev–Trinajstić information content (AvgIpc) is 3.00. The summed E-state index contributed by atoms with van der Waals surface area (Å²) in [7, 11) is 4.14. The Morgan fingerprint density at radius 1 is 1.40 bits per heavy atom. The molecular weight excluding hydrogens is 274 g/mol. The van der Waals surface area contributed by atoms with Crippen LogP contribution in [0.25, 0.3) is 0 Å². The first kappa shape index (κ1) is 15.8. The standard InChI is InChI=1S/C15H26ClN3O/c1-5-19-12(14(16)11(2)17-19)10-13(20)15(18(3)4)8-6-7-9-15/h13,20H,5-10H2,1-4H3. The van der Waals surface area contributed by atoms with E-state index in [1.807, 2.05) is 11.6 Å². The van der Waals surface area contributed by atoms with Crippen LogP contribution < -0.4 is 0 Å². The van der Waals surface area contributed by atoms with Crippen LogP contribution in [0.2, 0.25) is 5.02 Å². The van der Waals surface area contributed by atoms with Crippen LogP contribution in [0.1, 0.15) is 44.0 Å². The van der Waals surface area contributed by atoms with Crippen LogP contribution in [0, 0.1) is 6.92 Å². The summed E-state index contributed by atoms with van der Waals surface area (Å²) in [6.45, 7) is 4.75. The van der Waals surface area contributed by atoms with Gasteiger partial charge in [0.15, 0.2) is 0 Å². The molecule has 20 heavy (non-hydrogen) atoms. The Morgan fingerprint density at radius 3 is 2.50 bits per heavy atom. The Bertz CT molecular complexity index is 464. The van der Waals surface area contributed by atoms with Gasteiger partial charge in [-0.1, -0.05) is 24.4 Å². The van der Waals surface area contributed by atoms with Gasteiger partial charge in [0.25, 0.3) is 0 Å². The molecular formula is C15H26ClN3O. The van der Waals surface area contributed by atoms with Gasteiger partial charge in [0, 0.05) is 18.5 Å². The summed E-state index contributed by atoms with van der Waals surface area (Å²) >= 11 is 6.36. The zero-order chi connectivity index (χ0) is 14.9. The van der Waals surface area contributed by atoms with E-state index in [1.165, 1.54) is 12.8 Å². The number of likely N-dealkylation sites (N-methyl/N-ethyl adjacent to an activating group) is 1. The molecule has 1 fully saturated rings. The third-order valence-corrected chi connectivity index (χ3v) is 5.31. The minimum absolute atomic E-state index is 0.111. The number of rotatable bonds is 5. The molecule has 0 saturated heterocycles. The molecule has 1 aromatic heterocycles. The molecule has 0 amide bonds. The van der Waals surface area contributed by atoms with Gasteiger partial charge in [-0.15, -0.1) is 0 Å². The van der Waals surface area contributed by atoms with Gasteiger partial charge in [0.1, 0.15) is 0 Å². The van der Waals surface area contributed by atoms with Crippen LogP contribution in [-0.2, 0) is 13.0 Å². The maximum Gasteiger partial charge on any atom is 0.0848 e. The van der Waals surface area contributed by atoms with Gasteiger partial charge in [-0.3, -0.25) is 4.68 Å². The molecule has 0 spiro atoms. The fourth-order valence-electron chi connectivity index (χ4n) is 3.50. The van der Waals surface area contributed by atoms with Gasteiger partial charge < -0.3 is 10.0 Å². The predicted octanol–water partition coefficient (Wildman–Crippen LogP) is 2.64. The SMILES string of the molecule is CCn1nc(C)c(Cl)c1CC(O)C1(N(C)C)CCCC1. The Labute approximate surface area is 126 Å². The van der Waals surface area contributed by atoms with E-state index in [4.69, 9.17) is 11.6 Å². The highest BCUT2D eigenvalue weighted by Crippen LogP contribution is 2.38. The fourth-order valence-corrected chi connectivity index (χ4v) is 3.72. The van der Waals surface area contributed by atoms with Crippen LogP contribution in [-0.4, -0.2) is 45.5 Å². The Kier molecular flexibility index (Phi) is 4.77. The average molecular weight is 300 g/mol. The molecule has 2 rings (SSSR count). The van der Waals surface area contributed by atoms with E-state index in [1.54, 1.807) is 0 Å². The van der Waals surface area contributed by atoms with Crippen molar-refractivity contribution in [3.63, 3.8) is 0 Å². The van der Waals surface area contributed by atoms with Crippen molar-refractivity contribution in [1.29, 1.82) is 0 Å². The van der Waals surface area contributed by atoms with Crippen LogP contribution in [0.4, 0.5) is 0 Å². The van der Waals surface area contributed by atoms with Gasteiger partial charge in [0.2, 0.25) is 0 Å². The molecule has 1 heterocycles. The second-order valence-corrected chi connectivity index (χ2v) is 6.46. The third-order valence-electron chi connectivity index (χ3n) is 4.82. The fraction of sp³-hybridized carbons (Fsp3) is 0.800. The second-order valence-electron chi connectivity index (χ2n) is 6.09. The van der Waals surface area contributed by atoms with Crippen molar-refractivity contribution in [1.82, 2.24) is 14.7 Å².